The molecule has 0 saturated carbocycles. The van der Waals surface area contributed by atoms with E-state index in [0.29, 0.717) is 12.1 Å². The molecule has 0 spiro atoms. The highest BCUT2D eigenvalue weighted by Gasteiger charge is 2.21. The zero-order valence-corrected chi connectivity index (χ0v) is 14.6. The van der Waals surface area contributed by atoms with Crippen LogP contribution in [0.5, 0.6) is 5.75 Å². The highest BCUT2D eigenvalue weighted by molar-refractivity contribution is 5.95. The molecule has 2 aromatic rings. The average Bonchev–Trinajstić information content (AvgIpc) is 2.59. The number of nitrogens with zero attached hydrogens (tertiary/aromatic N) is 2. The number of aromatic nitrogens is 1. The van der Waals surface area contributed by atoms with Gasteiger partial charge >= 0.3 is 0 Å². The molecule has 0 bridgehead atoms. The van der Waals surface area contributed by atoms with Gasteiger partial charge < -0.3 is 14.7 Å². The predicted molar refractivity (Wildman–Crippen MR) is 94.1 cm³/mol. The van der Waals surface area contributed by atoms with Crippen molar-refractivity contribution in [3.63, 3.8) is 0 Å². The first-order valence-corrected chi connectivity index (χ1v) is 8.01. The number of aliphatic hydroxyl groups is 1. The fourth-order valence-corrected chi connectivity index (χ4v) is 2.48. The van der Waals surface area contributed by atoms with E-state index in [0.717, 1.165) is 16.9 Å². The van der Waals surface area contributed by atoms with Crippen LogP contribution in [0.25, 0.3) is 11.1 Å². The molecule has 0 saturated heterocycles. The Balaban J connectivity index is 2.29. The van der Waals surface area contributed by atoms with Gasteiger partial charge in [0.05, 0.1) is 18.8 Å². The molecule has 0 radical (unpaired) electrons. The average molecular weight is 328 g/mol. The first kappa shape index (κ1) is 17.9. The Bertz CT molecular complexity index is 681. The van der Waals surface area contributed by atoms with Crippen LogP contribution in [-0.4, -0.2) is 46.7 Å². The molecular formula is C19H24N2O3. The molecule has 1 aromatic heterocycles. The van der Waals surface area contributed by atoms with Gasteiger partial charge in [-0.25, -0.2) is 0 Å². The maximum atomic E-state index is 12.8. The van der Waals surface area contributed by atoms with Crippen molar-refractivity contribution in [1.29, 1.82) is 0 Å². The van der Waals surface area contributed by atoms with E-state index in [9.17, 15) is 9.90 Å². The molecule has 0 aliphatic rings. The summed E-state index contributed by atoms with van der Waals surface area (Å²) in [6.45, 7) is 5.83. The summed E-state index contributed by atoms with van der Waals surface area (Å²) < 4.78 is 5.16. The minimum absolute atomic E-state index is 0.00302. The normalized spacial score (nSPS) is 12.1. The van der Waals surface area contributed by atoms with Crippen LogP contribution in [0.3, 0.4) is 0 Å². The number of aliphatic hydroxyl groups excluding tert-OH is 1. The molecule has 0 fully saturated rings. The van der Waals surface area contributed by atoms with Gasteiger partial charge in [-0.2, -0.15) is 0 Å². The molecule has 0 aliphatic carbocycles. The number of pyridine rings is 1. The van der Waals surface area contributed by atoms with E-state index >= 15 is 0 Å². The minimum Gasteiger partial charge on any atom is -0.497 e. The van der Waals surface area contributed by atoms with E-state index in [-0.39, 0.29) is 11.9 Å². The monoisotopic (exact) mass is 328 g/mol. The number of carbonyl (C=O) groups excluding carboxylic acids is 1. The molecule has 0 aliphatic heterocycles. The lowest BCUT2D eigenvalue weighted by Gasteiger charge is -2.28. The van der Waals surface area contributed by atoms with E-state index in [1.165, 1.54) is 0 Å². The van der Waals surface area contributed by atoms with Crippen molar-refractivity contribution in [2.24, 2.45) is 0 Å². The maximum Gasteiger partial charge on any atom is 0.255 e. The molecule has 24 heavy (non-hydrogen) atoms. The first-order valence-electron chi connectivity index (χ1n) is 8.01. The van der Waals surface area contributed by atoms with Crippen LogP contribution in [-0.2, 0) is 0 Å². The van der Waals surface area contributed by atoms with E-state index in [2.05, 4.69) is 4.98 Å². The molecule has 1 aromatic carbocycles. The third-order valence-electron chi connectivity index (χ3n) is 3.75. The third kappa shape index (κ3) is 4.32. The number of carbonyl (C=O) groups is 1. The van der Waals surface area contributed by atoms with Crippen LogP contribution in [0.15, 0.2) is 42.7 Å². The molecule has 2 rings (SSSR count). The zero-order valence-electron chi connectivity index (χ0n) is 14.6. The highest BCUT2D eigenvalue weighted by atomic mass is 16.5. The fraction of sp³-hybridized carbons (Fsp3) is 0.368. The number of hydrogen-bond acceptors (Lipinski definition) is 4. The molecule has 128 valence electrons. The molecule has 1 heterocycles. The summed E-state index contributed by atoms with van der Waals surface area (Å²) in [5.41, 5.74) is 2.34. The fourth-order valence-electron chi connectivity index (χ4n) is 2.48. The van der Waals surface area contributed by atoms with Gasteiger partial charge in [-0.3, -0.25) is 9.78 Å². The zero-order chi connectivity index (χ0) is 17.7. The van der Waals surface area contributed by atoms with Crippen LogP contribution in [0, 0.1) is 0 Å². The summed E-state index contributed by atoms with van der Waals surface area (Å²) in [7, 11) is 1.62. The topological polar surface area (TPSA) is 62.7 Å². The van der Waals surface area contributed by atoms with E-state index in [1.54, 1.807) is 31.3 Å². The summed E-state index contributed by atoms with van der Waals surface area (Å²) in [5.74, 6) is 0.649. The van der Waals surface area contributed by atoms with Crippen LogP contribution < -0.4 is 4.74 Å². The SMILES string of the molecule is COc1ccc(-c2cncc(C(=O)N(CC(C)O)C(C)C)c2)cc1. The molecule has 5 nitrogen and oxygen atoms in total. The summed E-state index contributed by atoms with van der Waals surface area (Å²) in [4.78, 5) is 18.6. The number of methoxy groups -OCH3 is 1. The molecular weight excluding hydrogens is 304 g/mol. The quantitative estimate of drug-likeness (QED) is 0.885. The van der Waals surface area contributed by atoms with Gasteiger partial charge in [0.1, 0.15) is 5.75 Å². The second kappa shape index (κ2) is 7.93. The minimum atomic E-state index is -0.575. The lowest BCUT2D eigenvalue weighted by Crippen LogP contribution is -2.41. The summed E-state index contributed by atoms with van der Waals surface area (Å²) in [5, 5.41) is 9.63. The van der Waals surface area contributed by atoms with Crippen molar-refractivity contribution in [1.82, 2.24) is 9.88 Å². The predicted octanol–water partition coefficient (Wildman–Crippen LogP) is 2.99. The van der Waals surface area contributed by atoms with Gasteiger partial charge in [0, 0.05) is 30.5 Å². The standard InChI is InChI=1S/C19H24N2O3/c1-13(2)21(12-14(3)22)19(23)17-9-16(10-20-11-17)15-5-7-18(24-4)8-6-15/h5-11,13-14,22H,12H2,1-4H3. The van der Waals surface area contributed by atoms with Gasteiger partial charge in [-0.05, 0) is 44.5 Å². The van der Waals surface area contributed by atoms with E-state index in [1.807, 2.05) is 44.2 Å². The largest absolute Gasteiger partial charge is 0.497 e. The van der Waals surface area contributed by atoms with Gasteiger partial charge in [-0.15, -0.1) is 0 Å². The number of ether oxygens (including phenoxy) is 1. The molecule has 1 unspecified atom stereocenters. The van der Waals surface area contributed by atoms with Crippen molar-refractivity contribution in [3.05, 3.63) is 48.3 Å². The Labute approximate surface area is 142 Å². The van der Waals surface area contributed by atoms with Crippen LogP contribution in [0.1, 0.15) is 31.1 Å². The van der Waals surface area contributed by atoms with Gasteiger partial charge in [0.25, 0.3) is 5.91 Å². The lowest BCUT2D eigenvalue weighted by atomic mass is 10.0. The van der Waals surface area contributed by atoms with Crippen LogP contribution in [0.2, 0.25) is 0 Å². The molecule has 1 atom stereocenters. The molecule has 1 amide bonds. The summed E-state index contributed by atoms with van der Waals surface area (Å²) in [6.07, 6.45) is 2.72. The third-order valence-corrected chi connectivity index (χ3v) is 3.75. The smallest absolute Gasteiger partial charge is 0.255 e. The Hall–Kier alpha value is -2.40. The maximum absolute atomic E-state index is 12.8. The Kier molecular flexibility index (Phi) is 5.93. The second-order valence-electron chi connectivity index (χ2n) is 6.09. The number of benzene rings is 1. The van der Waals surface area contributed by atoms with Crippen LogP contribution >= 0.6 is 0 Å². The van der Waals surface area contributed by atoms with Crippen molar-refractivity contribution in [2.75, 3.05) is 13.7 Å². The van der Waals surface area contributed by atoms with E-state index in [4.69, 9.17) is 4.74 Å². The second-order valence-corrected chi connectivity index (χ2v) is 6.09. The van der Waals surface area contributed by atoms with Crippen molar-refractivity contribution in [3.8, 4) is 16.9 Å². The Morgan fingerprint density at radius 3 is 2.38 bits per heavy atom. The Morgan fingerprint density at radius 1 is 1.17 bits per heavy atom. The van der Waals surface area contributed by atoms with Gasteiger partial charge in [0.2, 0.25) is 0 Å². The molecule has 1 N–H and O–H groups in total. The van der Waals surface area contributed by atoms with Gasteiger partial charge in [0.15, 0.2) is 0 Å². The van der Waals surface area contributed by atoms with E-state index < -0.39 is 6.10 Å². The highest BCUT2D eigenvalue weighted by Crippen LogP contribution is 2.23. The summed E-state index contributed by atoms with van der Waals surface area (Å²) >= 11 is 0. The molecule has 5 heteroatoms. The lowest BCUT2D eigenvalue weighted by molar-refractivity contribution is 0.0578. The summed E-state index contributed by atoms with van der Waals surface area (Å²) in [6, 6.07) is 9.43. The van der Waals surface area contributed by atoms with Crippen molar-refractivity contribution >= 4 is 5.91 Å². The number of rotatable bonds is 6. The number of amides is 1. The van der Waals surface area contributed by atoms with Crippen molar-refractivity contribution in [2.45, 2.75) is 32.9 Å². The number of hydrogen-bond donors (Lipinski definition) is 1. The van der Waals surface area contributed by atoms with Crippen LogP contribution in [0.4, 0.5) is 0 Å². The van der Waals surface area contributed by atoms with Crippen molar-refractivity contribution < 1.29 is 14.6 Å². The van der Waals surface area contributed by atoms with Gasteiger partial charge in [-0.1, -0.05) is 12.1 Å². The Morgan fingerprint density at radius 2 is 1.83 bits per heavy atom. The first-order chi connectivity index (χ1) is 11.4.